The molecule has 0 saturated heterocycles. The second-order valence-corrected chi connectivity index (χ2v) is 5.08. The first-order valence-electron chi connectivity index (χ1n) is 6.49. The van der Waals surface area contributed by atoms with Crippen LogP contribution in [0.15, 0.2) is 30.5 Å². The predicted octanol–water partition coefficient (Wildman–Crippen LogP) is 0.357. The highest BCUT2D eigenvalue weighted by atomic mass is 16.2. The van der Waals surface area contributed by atoms with Gasteiger partial charge in [-0.3, -0.25) is 9.48 Å². The normalized spacial score (nSPS) is 20.7. The number of nitrogens with zero attached hydrogens (tertiary/aromatic N) is 2. The first-order valence-corrected chi connectivity index (χ1v) is 6.49. The van der Waals surface area contributed by atoms with E-state index in [1.54, 1.807) is 7.05 Å². The fourth-order valence-corrected chi connectivity index (χ4v) is 2.74. The number of carbonyl (C=O) groups is 1. The van der Waals surface area contributed by atoms with Crippen LogP contribution < -0.4 is 16.8 Å². The van der Waals surface area contributed by atoms with Crippen LogP contribution in [0.5, 0.6) is 0 Å². The van der Waals surface area contributed by atoms with Gasteiger partial charge in [-0.1, -0.05) is 24.3 Å². The Morgan fingerprint density at radius 2 is 2.20 bits per heavy atom. The fourth-order valence-electron chi connectivity index (χ4n) is 2.74. The van der Waals surface area contributed by atoms with Gasteiger partial charge >= 0.3 is 0 Å². The van der Waals surface area contributed by atoms with Crippen molar-refractivity contribution < 1.29 is 4.79 Å². The third-order valence-electron chi connectivity index (χ3n) is 3.79. The third kappa shape index (κ3) is 1.94. The number of fused-ring (bicyclic) bond motifs is 1. The van der Waals surface area contributed by atoms with Crippen LogP contribution in [-0.2, 0) is 13.5 Å². The van der Waals surface area contributed by atoms with Crippen LogP contribution in [-0.4, -0.2) is 21.7 Å². The van der Waals surface area contributed by atoms with Gasteiger partial charge in [0.1, 0.15) is 5.69 Å². The summed E-state index contributed by atoms with van der Waals surface area (Å²) in [5.74, 6) is -0.240. The quantitative estimate of drug-likeness (QED) is 0.734. The minimum Gasteiger partial charge on any atom is -0.396 e. The zero-order valence-electron chi connectivity index (χ0n) is 11.2. The first kappa shape index (κ1) is 12.7. The molecule has 20 heavy (non-hydrogen) atoms. The smallest absolute Gasteiger partial charge is 0.271 e. The Kier molecular flexibility index (Phi) is 2.94. The number of amides is 1. The van der Waals surface area contributed by atoms with Crippen molar-refractivity contribution in [3.05, 3.63) is 47.3 Å². The van der Waals surface area contributed by atoms with Gasteiger partial charge < -0.3 is 16.8 Å². The molecule has 1 aromatic heterocycles. The Bertz CT molecular complexity index is 644. The molecule has 5 N–H and O–H groups in total. The van der Waals surface area contributed by atoms with Crippen molar-refractivity contribution in [1.29, 1.82) is 0 Å². The van der Waals surface area contributed by atoms with E-state index in [0.717, 1.165) is 12.0 Å². The number of carbonyl (C=O) groups excluding carboxylic acids is 1. The average molecular weight is 271 g/mol. The Labute approximate surface area is 116 Å². The van der Waals surface area contributed by atoms with Crippen molar-refractivity contribution >= 4 is 11.6 Å². The van der Waals surface area contributed by atoms with Crippen LogP contribution in [0.25, 0.3) is 0 Å². The molecule has 104 valence electrons. The van der Waals surface area contributed by atoms with Gasteiger partial charge in [-0.25, -0.2) is 0 Å². The molecular weight excluding hydrogens is 254 g/mol. The Hall–Kier alpha value is -2.34. The lowest BCUT2D eigenvalue weighted by Crippen LogP contribution is -2.41. The van der Waals surface area contributed by atoms with E-state index in [-0.39, 0.29) is 18.0 Å². The topological polar surface area (TPSA) is 99.0 Å². The molecule has 1 amide bonds. The summed E-state index contributed by atoms with van der Waals surface area (Å²) in [6, 6.07) is 7.68. The number of aryl methyl sites for hydroxylation is 1. The standard InChI is InChI=1S/C14H17N5O/c1-19-13(10(15)7-17-19)14(20)18-11-6-8-4-2-3-5-9(8)12(11)16/h2-5,7,11-12H,6,15-16H2,1H3,(H,18,20)/t11-,12-/m1/s1. The monoisotopic (exact) mass is 271 g/mol. The number of nitrogens with two attached hydrogens (primary N) is 2. The van der Waals surface area contributed by atoms with Gasteiger partial charge in [0.05, 0.1) is 24.0 Å². The summed E-state index contributed by atoms with van der Waals surface area (Å²) >= 11 is 0. The molecule has 1 aromatic carbocycles. The second kappa shape index (κ2) is 4.64. The fraction of sp³-hybridized carbons (Fsp3) is 0.286. The predicted molar refractivity (Wildman–Crippen MR) is 75.9 cm³/mol. The molecule has 6 nitrogen and oxygen atoms in total. The maximum Gasteiger partial charge on any atom is 0.271 e. The summed E-state index contributed by atoms with van der Waals surface area (Å²) < 4.78 is 1.47. The summed E-state index contributed by atoms with van der Waals surface area (Å²) in [7, 11) is 1.69. The van der Waals surface area contributed by atoms with Crippen LogP contribution in [0.2, 0.25) is 0 Å². The molecule has 0 bridgehead atoms. The number of anilines is 1. The Morgan fingerprint density at radius 1 is 1.45 bits per heavy atom. The first-order chi connectivity index (χ1) is 9.58. The van der Waals surface area contributed by atoms with Gasteiger partial charge in [0.2, 0.25) is 0 Å². The van der Waals surface area contributed by atoms with E-state index in [0.29, 0.717) is 11.4 Å². The molecule has 1 heterocycles. The average Bonchev–Trinajstić information content (AvgIpc) is 2.92. The molecule has 0 saturated carbocycles. The van der Waals surface area contributed by atoms with Gasteiger partial charge in [-0.15, -0.1) is 0 Å². The minimum atomic E-state index is -0.240. The zero-order valence-corrected chi connectivity index (χ0v) is 11.2. The van der Waals surface area contributed by atoms with Crippen LogP contribution in [0, 0.1) is 0 Å². The number of nitrogens with one attached hydrogen (secondary N) is 1. The van der Waals surface area contributed by atoms with Crippen molar-refractivity contribution in [3.63, 3.8) is 0 Å². The van der Waals surface area contributed by atoms with E-state index in [9.17, 15) is 4.79 Å². The molecule has 0 spiro atoms. The Balaban J connectivity index is 1.79. The highest BCUT2D eigenvalue weighted by Gasteiger charge is 2.31. The van der Waals surface area contributed by atoms with Crippen molar-refractivity contribution in [2.24, 2.45) is 12.8 Å². The second-order valence-electron chi connectivity index (χ2n) is 5.08. The van der Waals surface area contributed by atoms with E-state index in [4.69, 9.17) is 11.5 Å². The molecule has 0 aliphatic heterocycles. The van der Waals surface area contributed by atoms with Gasteiger partial charge in [0, 0.05) is 7.05 Å². The van der Waals surface area contributed by atoms with E-state index < -0.39 is 0 Å². The van der Waals surface area contributed by atoms with Crippen molar-refractivity contribution in [2.75, 3.05) is 5.73 Å². The number of benzene rings is 1. The highest BCUT2D eigenvalue weighted by molar-refractivity contribution is 5.97. The van der Waals surface area contributed by atoms with E-state index in [2.05, 4.69) is 10.4 Å². The minimum absolute atomic E-state index is 0.116. The molecule has 6 heteroatoms. The van der Waals surface area contributed by atoms with Crippen LogP contribution >= 0.6 is 0 Å². The van der Waals surface area contributed by atoms with E-state index >= 15 is 0 Å². The van der Waals surface area contributed by atoms with Gasteiger partial charge in [0.15, 0.2) is 0 Å². The molecule has 0 radical (unpaired) electrons. The maximum atomic E-state index is 12.3. The van der Waals surface area contributed by atoms with Gasteiger partial charge in [-0.2, -0.15) is 5.10 Å². The maximum absolute atomic E-state index is 12.3. The van der Waals surface area contributed by atoms with Crippen molar-refractivity contribution in [1.82, 2.24) is 15.1 Å². The summed E-state index contributed by atoms with van der Waals surface area (Å²) in [4.78, 5) is 12.3. The van der Waals surface area contributed by atoms with Gasteiger partial charge in [0.25, 0.3) is 5.91 Å². The molecule has 1 aliphatic rings. The SMILES string of the molecule is Cn1ncc(N)c1C(=O)N[C@@H]1Cc2ccccc2[C@H]1N. The zero-order chi connectivity index (χ0) is 14.3. The van der Waals surface area contributed by atoms with Crippen LogP contribution in [0.1, 0.15) is 27.7 Å². The van der Waals surface area contributed by atoms with Crippen LogP contribution in [0.3, 0.4) is 0 Å². The summed E-state index contributed by atoms with van der Waals surface area (Å²) in [5.41, 5.74) is 15.0. The lowest BCUT2D eigenvalue weighted by molar-refractivity contribution is 0.0925. The van der Waals surface area contributed by atoms with Gasteiger partial charge in [-0.05, 0) is 17.5 Å². The van der Waals surface area contributed by atoms with Crippen molar-refractivity contribution in [2.45, 2.75) is 18.5 Å². The highest BCUT2D eigenvalue weighted by Crippen LogP contribution is 2.29. The Morgan fingerprint density at radius 3 is 2.85 bits per heavy atom. The van der Waals surface area contributed by atoms with E-state index in [1.807, 2.05) is 24.3 Å². The molecule has 1 aliphatic carbocycles. The number of rotatable bonds is 2. The third-order valence-corrected chi connectivity index (χ3v) is 3.79. The molecule has 3 rings (SSSR count). The lowest BCUT2D eigenvalue weighted by Gasteiger charge is -2.18. The number of aromatic nitrogens is 2. The summed E-state index contributed by atoms with van der Waals surface area (Å²) in [6.45, 7) is 0. The summed E-state index contributed by atoms with van der Waals surface area (Å²) in [5, 5.41) is 6.92. The molecule has 0 fully saturated rings. The number of hydrogen-bond donors (Lipinski definition) is 3. The number of nitrogen functional groups attached to an aromatic ring is 1. The molecular formula is C14H17N5O. The van der Waals surface area contributed by atoms with E-state index in [1.165, 1.54) is 16.4 Å². The van der Waals surface area contributed by atoms with Crippen LogP contribution in [0.4, 0.5) is 5.69 Å². The lowest BCUT2D eigenvalue weighted by atomic mass is 10.1. The molecule has 2 atom stereocenters. The largest absolute Gasteiger partial charge is 0.396 e. The molecule has 2 aromatic rings. The molecule has 0 unspecified atom stereocenters. The summed E-state index contributed by atoms with van der Waals surface area (Å²) in [6.07, 6.45) is 2.21. The number of hydrogen-bond acceptors (Lipinski definition) is 4. The van der Waals surface area contributed by atoms with Crippen molar-refractivity contribution in [3.8, 4) is 0 Å².